The Morgan fingerprint density at radius 1 is 1.67 bits per heavy atom. The van der Waals surface area contributed by atoms with Gasteiger partial charge >= 0.3 is 5.70 Å². The second-order valence-electron chi connectivity index (χ2n) is 2.16. The zero-order valence-electron chi connectivity index (χ0n) is 5.75. The second-order valence-corrected chi connectivity index (χ2v) is 3.16. The van der Waals surface area contributed by atoms with Gasteiger partial charge in [-0.05, 0) is 6.08 Å². The molecular weight excluding hydrogens is 205 g/mol. The van der Waals surface area contributed by atoms with E-state index in [1.54, 1.807) is 0 Å². The number of halogens is 2. The Hall–Kier alpha value is -0.780. The predicted octanol–water partition coefficient (Wildman–Crippen LogP) is 0.682. The average molecular weight is 210 g/mol. The van der Waals surface area contributed by atoms with Crippen LogP contribution >= 0.6 is 23.2 Å². The summed E-state index contributed by atoms with van der Waals surface area (Å²) in [5, 5.41) is 11.1. The normalized spacial score (nSPS) is 28.6. The van der Waals surface area contributed by atoms with Gasteiger partial charge in [0.2, 0.25) is 0 Å². The Morgan fingerprint density at radius 3 is 2.67 bits per heavy atom. The zero-order chi connectivity index (χ0) is 9.35. The molecule has 1 aliphatic heterocycles. The molecule has 1 rings (SSSR count). The number of nitrogens with zero attached hydrogens (tertiary/aromatic N) is 1. The minimum atomic E-state index is -1.73. The van der Waals surface area contributed by atoms with Gasteiger partial charge in [-0.1, -0.05) is 23.2 Å². The molecule has 0 saturated carbocycles. The third kappa shape index (κ3) is 1.69. The molecule has 1 atom stereocenters. The molecule has 5 nitrogen and oxygen atoms in total. The van der Waals surface area contributed by atoms with E-state index in [-0.39, 0.29) is 10.9 Å². The summed E-state index contributed by atoms with van der Waals surface area (Å²) in [6.07, 6.45) is 2.47. The van der Waals surface area contributed by atoms with Crippen molar-refractivity contribution in [3.05, 3.63) is 33.1 Å². The first-order chi connectivity index (χ1) is 5.43. The lowest BCUT2D eigenvalue weighted by molar-refractivity contribution is -0.432. The lowest BCUT2D eigenvalue weighted by atomic mass is 10.3. The van der Waals surface area contributed by atoms with Crippen molar-refractivity contribution in [1.82, 2.24) is 5.32 Å². The molecular formula is C5H5Cl2N3O2. The summed E-state index contributed by atoms with van der Waals surface area (Å²) in [4.78, 5) is 9.67. The highest BCUT2D eigenvalue weighted by Gasteiger charge is 2.38. The summed E-state index contributed by atoms with van der Waals surface area (Å²) in [7, 11) is 0. The zero-order valence-corrected chi connectivity index (χ0v) is 7.26. The maximum atomic E-state index is 10.3. The number of hydrogen-bond acceptors (Lipinski definition) is 4. The van der Waals surface area contributed by atoms with Crippen molar-refractivity contribution in [1.29, 1.82) is 0 Å². The number of hydrogen-bond donors (Lipinski definition) is 2. The highest BCUT2D eigenvalue weighted by atomic mass is 35.5. The number of dihydropyridines is 1. The standard InChI is InChI=1S/C5H5Cl2N3O2/c6-4-2-1-3(10(11)12)5(7,8)9-4/h1-2,9H,8H2. The summed E-state index contributed by atoms with van der Waals surface area (Å²) in [6, 6.07) is 0. The lowest BCUT2D eigenvalue weighted by Crippen LogP contribution is -2.51. The SMILES string of the molecule is NC1(Cl)NC(Cl)=CC=C1[N+](=O)[O-]. The molecule has 0 spiro atoms. The van der Waals surface area contributed by atoms with Gasteiger partial charge in [0.25, 0.3) is 5.12 Å². The molecule has 0 bridgehead atoms. The van der Waals surface area contributed by atoms with Gasteiger partial charge < -0.3 is 5.32 Å². The van der Waals surface area contributed by atoms with Gasteiger partial charge in [-0.15, -0.1) is 0 Å². The second kappa shape index (κ2) is 2.93. The van der Waals surface area contributed by atoms with E-state index >= 15 is 0 Å². The quantitative estimate of drug-likeness (QED) is 0.288. The Bertz CT molecular complexity index is 284. The number of nitrogens with one attached hydrogen (secondary N) is 1. The molecule has 66 valence electrons. The molecule has 0 aromatic heterocycles. The smallest absolute Gasteiger partial charge is 0.302 e. The maximum Gasteiger partial charge on any atom is 0.302 e. The topological polar surface area (TPSA) is 81.2 Å². The first-order valence-electron chi connectivity index (χ1n) is 2.92. The van der Waals surface area contributed by atoms with E-state index in [1.807, 2.05) is 0 Å². The van der Waals surface area contributed by atoms with Gasteiger partial charge in [0.05, 0.1) is 4.92 Å². The Labute approximate surface area is 78.0 Å². The maximum absolute atomic E-state index is 10.3. The molecule has 1 unspecified atom stereocenters. The molecule has 0 fully saturated rings. The van der Waals surface area contributed by atoms with Crippen molar-refractivity contribution in [2.45, 2.75) is 5.12 Å². The van der Waals surface area contributed by atoms with Crippen LogP contribution in [0.3, 0.4) is 0 Å². The van der Waals surface area contributed by atoms with Gasteiger partial charge in [0.1, 0.15) is 5.16 Å². The highest BCUT2D eigenvalue weighted by molar-refractivity contribution is 6.31. The van der Waals surface area contributed by atoms with Crippen molar-refractivity contribution in [3.63, 3.8) is 0 Å². The summed E-state index contributed by atoms with van der Waals surface area (Å²) < 4.78 is 0. The van der Waals surface area contributed by atoms with E-state index in [4.69, 9.17) is 28.9 Å². The molecule has 0 amide bonds. The third-order valence-corrected chi connectivity index (χ3v) is 1.77. The summed E-state index contributed by atoms with van der Waals surface area (Å²) in [6.45, 7) is 0. The van der Waals surface area contributed by atoms with E-state index in [0.717, 1.165) is 6.08 Å². The molecule has 3 N–H and O–H groups in total. The number of allylic oxidation sites excluding steroid dienone is 2. The predicted molar refractivity (Wildman–Crippen MR) is 44.9 cm³/mol. The van der Waals surface area contributed by atoms with E-state index in [1.165, 1.54) is 6.08 Å². The van der Waals surface area contributed by atoms with Crippen LogP contribution in [0.5, 0.6) is 0 Å². The van der Waals surface area contributed by atoms with Crippen LogP contribution in [0.25, 0.3) is 0 Å². The molecule has 1 aliphatic rings. The first-order valence-corrected chi connectivity index (χ1v) is 3.67. The van der Waals surface area contributed by atoms with Gasteiger partial charge in [-0.25, -0.2) is 0 Å². The molecule has 12 heavy (non-hydrogen) atoms. The molecule has 0 aromatic rings. The minimum Gasteiger partial charge on any atom is -0.336 e. The third-order valence-electron chi connectivity index (χ3n) is 1.26. The van der Waals surface area contributed by atoms with Crippen LogP contribution in [0, 0.1) is 10.1 Å². The summed E-state index contributed by atoms with van der Waals surface area (Å²) in [5.41, 5.74) is 4.99. The molecule has 1 heterocycles. The lowest BCUT2D eigenvalue weighted by Gasteiger charge is -2.23. The van der Waals surface area contributed by atoms with Crippen LogP contribution < -0.4 is 11.1 Å². The fourth-order valence-corrected chi connectivity index (χ4v) is 1.24. The minimum absolute atomic E-state index is 0.165. The number of rotatable bonds is 1. The van der Waals surface area contributed by atoms with Crippen LogP contribution in [0.4, 0.5) is 0 Å². The van der Waals surface area contributed by atoms with Crippen LogP contribution in [-0.2, 0) is 0 Å². The summed E-state index contributed by atoms with van der Waals surface area (Å²) in [5.74, 6) is 0. The molecule has 0 saturated heterocycles. The number of alkyl halides is 1. The van der Waals surface area contributed by atoms with Crippen molar-refractivity contribution >= 4 is 23.2 Å². The van der Waals surface area contributed by atoms with Crippen LogP contribution in [-0.4, -0.2) is 10.0 Å². The van der Waals surface area contributed by atoms with Crippen LogP contribution in [0.1, 0.15) is 0 Å². The molecule has 0 radical (unpaired) electrons. The number of nitrogens with two attached hydrogens (primary N) is 1. The van der Waals surface area contributed by atoms with Crippen molar-refractivity contribution in [2.24, 2.45) is 5.73 Å². The molecule has 0 aliphatic carbocycles. The van der Waals surface area contributed by atoms with E-state index in [9.17, 15) is 10.1 Å². The Balaban J connectivity index is 3.04. The summed E-state index contributed by atoms with van der Waals surface area (Å²) >= 11 is 11.0. The van der Waals surface area contributed by atoms with E-state index in [2.05, 4.69) is 5.32 Å². The monoisotopic (exact) mass is 209 g/mol. The Kier molecular flexibility index (Phi) is 2.27. The fraction of sp³-hybridized carbons (Fsp3) is 0.200. The van der Waals surface area contributed by atoms with Crippen LogP contribution in [0.15, 0.2) is 23.0 Å². The van der Waals surface area contributed by atoms with Gasteiger partial charge in [-0.3, -0.25) is 15.8 Å². The van der Waals surface area contributed by atoms with Gasteiger partial charge in [0.15, 0.2) is 0 Å². The molecule has 7 heteroatoms. The average Bonchev–Trinajstić information content (AvgIpc) is 1.82. The Morgan fingerprint density at radius 2 is 2.25 bits per heavy atom. The van der Waals surface area contributed by atoms with Crippen LogP contribution in [0.2, 0.25) is 0 Å². The van der Waals surface area contributed by atoms with Crippen molar-refractivity contribution in [2.75, 3.05) is 0 Å². The van der Waals surface area contributed by atoms with E-state index in [0.29, 0.717) is 0 Å². The first kappa shape index (κ1) is 9.31. The highest BCUT2D eigenvalue weighted by Crippen LogP contribution is 2.23. The van der Waals surface area contributed by atoms with Gasteiger partial charge in [0, 0.05) is 6.08 Å². The van der Waals surface area contributed by atoms with E-state index < -0.39 is 10.0 Å². The molecule has 0 aromatic carbocycles. The van der Waals surface area contributed by atoms with Gasteiger partial charge in [-0.2, -0.15) is 0 Å². The largest absolute Gasteiger partial charge is 0.336 e. The number of nitro groups is 1. The fourth-order valence-electron chi connectivity index (χ4n) is 0.747. The van der Waals surface area contributed by atoms with Crippen molar-refractivity contribution in [3.8, 4) is 0 Å². The van der Waals surface area contributed by atoms with Crippen molar-refractivity contribution < 1.29 is 4.92 Å².